The lowest BCUT2D eigenvalue weighted by Gasteiger charge is -2.23. The van der Waals surface area contributed by atoms with Crippen LogP contribution in [0.2, 0.25) is 0 Å². The van der Waals surface area contributed by atoms with Crippen molar-refractivity contribution in [3.05, 3.63) is 54.6 Å². The first-order valence-electron chi connectivity index (χ1n) is 7.46. The van der Waals surface area contributed by atoms with Crippen molar-refractivity contribution in [1.29, 1.82) is 0 Å². The number of aliphatic hydroxyl groups is 1. The van der Waals surface area contributed by atoms with Gasteiger partial charge in [-0.1, -0.05) is 42.5 Å². The monoisotopic (exact) mass is 283 g/mol. The van der Waals surface area contributed by atoms with Crippen LogP contribution in [0.5, 0.6) is 5.75 Å². The van der Waals surface area contributed by atoms with Gasteiger partial charge in [0.15, 0.2) is 0 Å². The van der Waals surface area contributed by atoms with E-state index in [-0.39, 0.29) is 18.8 Å². The molecule has 0 saturated heterocycles. The van der Waals surface area contributed by atoms with Crippen molar-refractivity contribution in [2.45, 2.75) is 25.0 Å². The number of nitrogens with two attached hydrogens (primary N) is 1. The van der Waals surface area contributed by atoms with E-state index < -0.39 is 0 Å². The average Bonchev–Trinajstić information content (AvgIpc) is 3.38. The molecule has 0 amide bonds. The molecule has 2 aromatic carbocycles. The van der Waals surface area contributed by atoms with Crippen LogP contribution in [-0.4, -0.2) is 23.9 Å². The highest BCUT2D eigenvalue weighted by molar-refractivity contribution is 5.63. The van der Waals surface area contributed by atoms with Crippen molar-refractivity contribution in [3.63, 3.8) is 0 Å². The van der Waals surface area contributed by atoms with E-state index in [2.05, 4.69) is 12.1 Å². The summed E-state index contributed by atoms with van der Waals surface area (Å²) in [7, 11) is 0. The molecule has 2 aromatic rings. The van der Waals surface area contributed by atoms with Gasteiger partial charge in [-0.15, -0.1) is 0 Å². The minimum atomic E-state index is -0.319. The van der Waals surface area contributed by atoms with E-state index in [0.29, 0.717) is 5.92 Å². The third-order valence-corrected chi connectivity index (χ3v) is 4.02. The number of hydrogen-bond acceptors (Lipinski definition) is 3. The van der Waals surface area contributed by atoms with E-state index in [1.807, 2.05) is 42.5 Å². The largest absolute Gasteiger partial charge is 0.486 e. The van der Waals surface area contributed by atoms with Crippen LogP contribution in [0.25, 0.3) is 11.1 Å². The summed E-state index contributed by atoms with van der Waals surface area (Å²) in [5.41, 5.74) is 8.44. The number of benzene rings is 2. The standard InChI is InChI=1S/C18H21NO2/c19-18(15-6-7-15)17(12-20)21-16-10-8-14(9-11-16)13-4-2-1-3-5-13/h1-5,8-11,15,17-18,20H,6-7,12,19H2. The molecule has 110 valence electrons. The van der Waals surface area contributed by atoms with Gasteiger partial charge in [0.2, 0.25) is 0 Å². The molecule has 1 fully saturated rings. The zero-order chi connectivity index (χ0) is 14.7. The van der Waals surface area contributed by atoms with Crippen molar-refractivity contribution < 1.29 is 9.84 Å². The van der Waals surface area contributed by atoms with Crippen molar-refractivity contribution in [2.24, 2.45) is 11.7 Å². The summed E-state index contributed by atoms with van der Waals surface area (Å²) in [5, 5.41) is 9.46. The maximum Gasteiger partial charge on any atom is 0.137 e. The average molecular weight is 283 g/mol. The summed E-state index contributed by atoms with van der Waals surface area (Å²) in [6, 6.07) is 18.1. The van der Waals surface area contributed by atoms with Crippen molar-refractivity contribution >= 4 is 0 Å². The van der Waals surface area contributed by atoms with Crippen LogP contribution in [0.15, 0.2) is 54.6 Å². The topological polar surface area (TPSA) is 55.5 Å². The molecule has 0 heterocycles. The predicted molar refractivity (Wildman–Crippen MR) is 84.1 cm³/mol. The first kappa shape index (κ1) is 14.1. The molecule has 1 aliphatic carbocycles. The molecule has 3 heteroatoms. The number of ether oxygens (including phenoxy) is 1. The summed E-state index contributed by atoms with van der Waals surface area (Å²) in [4.78, 5) is 0. The molecule has 2 unspecified atom stereocenters. The minimum Gasteiger partial charge on any atom is -0.486 e. The Morgan fingerprint density at radius 3 is 2.19 bits per heavy atom. The van der Waals surface area contributed by atoms with Crippen LogP contribution >= 0.6 is 0 Å². The number of rotatable bonds is 6. The molecule has 3 nitrogen and oxygen atoms in total. The van der Waals surface area contributed by atoms with Crippen LogP contribution in [0.1, 0.15) is 12.8 Å². The second kappa shape index (κ2) is 6.29. The highest BCUT2D eigenvalue weighted by atomic mass is 16.5. The number of aliphatic hydroxyl groups excluding tert-OH is 1. The molecule has 0 spiro atoms. The SMILES string of the molecule is NC(C1CC1)C(CO)Oc1ccc(-c2ccccc2)cc1. The second-order valence-electron chi connectivity index (χ2n) is 5.64. The van der Waals surface area contributed by atoms with Gasteiger partial charge in [-0.2, -0.15) is 0 Å². The predicted octanol–water partition coefficient (Wildman–Crippen LogP) is 2.83. The molecule has 2 atom stereocenters. The molecular formula is C18H21NO2. The molecule has 0 bridgehead atoms. The smallest absolute Gasteiger partial charge is 0.137 e. The Kier molecular flexibility index (Phi) is 4.23. The maximum atomic E-state index is 9.46. The Morgan fingerprint density at radius 2 is 1.62 bits per heavy atom. The molecule has 3 rings (SSSR count). The normalized spacial score (nSPS) is 17.2. The first-order chi connectivity index (χ1) is 10.3. The van der Waals surface area contributed by atoms with Gasteiger partial charge >= 0.3 is 0 Å². The molecule has 1 saturated carbocycles. The van der Waals surface area contributed by atoms with Crippen LogP contribution in [-0.2, 0) is 0 Å². The Labute approximate surface area is 125 Å². The fourth-order valence-electron chi connectivity index (χ4n) is 2.55. The molecule has 21 heavy (non-hydrogen) atoms. The van der Waals surface area contributed by atoms with Gasteiger partial charge in [0.1, 0.15) is 11.9 Å². The summed E-state index contributed by atoms with van der Waals surface area (Å²) in [6.07, 6.45) is 1.97. The van der Waals surface area contributed by atoms with Gasteiger partial charge < -0.3 is 15.6 Å². The molecule has 1 aliphatic rings. The van der Waals surface area contributed by atoms with Crippen LogP contribution in [0.3, 0.4) is 0 Å². The van der Waals surface area contributed by atoms with Gasteiger partial charge in [-0.05, 0) is 42.0 Å². The fourth-order valence-corrected chi connectivity index (χ4v) is 2.55. The quantitative estimate of drug-likeness (QED) is 0.857. The Morgan fingerprint density at radius 1 is 1.00 bits per heavy atom. The van der Waals surface area contributed by atoms with Crippen LogP contribution in [0, 0.1) is 5.92 Å². The lowest BCUT2D eigenvalue weighted by atomic mass is 10.1. The van der Waals surface area contributed by atoms with E-state index >= 15 is 0 Å². The van der Waals surface area contributed by atoms with Gasteiger partial charge in [-0.25, -0.2) is 0 Å². The molecular weight excluding hydrogens is 262 g/mol. The summed E-state index contributed by atoms with van der Waals surface area (Å²) >= 11 is 0. The second-order valence-corrected chi connectivity index (χ2v) is 5.64. The van der Waals surface area contributed by atoms with Gasteiger partial charge in [0.05, 0.1) is 6.61 Å². The summed E-state index contributed by atoms with van der Waals surface area (Å²) < 4.78 is 5.84. The maximum absolute atomic E-state index is 9.46. The van der Waals surface area contributed by atoms with E-state index in [9.17, 15) is 5.11 Å². The van der Waals surface area contributed by atoms with E-state index in [0.717, 1.165) is 24.2 Å². The third-order valence-electron chi connectivity index (χ3n) is 4.02. The molecule has 0 aliphatic heterocycles. The Bertz CT molecular complexity index is 564. The zero-order valence-corrected chi connectivity index (χ0v) is 12.0. The summed E-state index contributed by atoms with van der Waals surface area (Å²) in [5.74, 6) is 1.26. The van der Waals surface area contributed by atoms with Gasteiger partial charge in [0.25, 0.3) is 0 Å². The zero-order valence-electron chi connectivity index (χ0n) is 12.0. The van der Waals surface area contributed by atoms with Crippen molar-refractivity contribution in [1.82, 2.24) is 0 Å². The Hall–Kier alpha value is -1.84. The Balaban J connectivity index is 1.69. The highest BCUT2D eigenvalue weighted by Gasteiger charge is 2.34. The number of hydrogen-bond donors (Lipinski definition) is 2. The lowest BCUT2D eigenvalue weighted by molar-refractivity contribution is 0.0882. The lowest BCUT2D eigenvalue weighted by Crippen LogP contribution is -2.43. The van der Waals surface area contributed by atoms with Crippen molar-refractivity contribution in [2.75, 3.05) is 6.61 Å². The van der Waals surface area contributed by atoms with Gasteiger partial charge in [-0.3, -0.25) is 0 Å². The first-order valence-corrected chi connectivity index (χ1v) is 7.46. The summed E-state index contributed by atoms with van der Waals surface area (Å²) in [6.45, 7) is -0.0435. The van der Waals surface area contributed by atoms with E-state index in [1.165, 1.54) is 5.56 Å². The van der Waals surface area contributed by atoms with Crippen LogP contribution in [0.4, 0.5) is 0 Å². The fraction of sp³-hybridized carbons (Fsp3) is 0.333. The van der Waals surface area contributed by atoms with Crippen LogP contribution < -0.4 is 10.5 Å². The minimum absolute atomic E-state index is 0.0435. The van der Waals surface area contributed by atoms with E-state index in [1.54, 1.807) is 0 Å². The van der Waals surface area contributed by atoms with Crippen molar-refractivity contribution in [3.8, 4) is 16.9 Å². The van der Waals surface area contributed by atoms with Gasteiger partial charge in [0, 0.05) is 6.04 Å². The molecule has 0 aromatic heterocycles. The third kappa shape index (κ3) is 3.43. The molecule has 0 radical (unpaired) electrons. The molecule has 3 N–H and O–H groups in total. The highest BCUT2D eigenvalue weighted by Crippen LogP contribution is 2.34. The van der Waals surface area contributed by atoms with E-state index in [4.69, 9.17) is 10.5 Å².